The third kappa shape index (κ3) is 2.60. The Morgan fingerprint density at radius 2 is 2.33 bits per heavy atom. The standard InChI is InChI=1S/C12H13N3O2S/c1-15(7-11-14-4-5-18-11)10-3-2-8(12(16)17)6-9(10)13/h2-6H,7,13H2,1H3,(H,16,17). The number of aromatic nitrogens is 1. The molecule has 0 atom stereocenters. The average molecular weight is 263 g/mol. The highest BCUT2D eigenvalue weighted by Crippen LogP contribution is 2.25. The van der Waals surface area contributed by atoms with E-state index in [1.807, 2.05) is 17.3 Å². The summed E-state index contributed by atoms with van der Waals surface area (Å²) in [5.41, 5.74) is 7.31. The lowest BCUT2D eigenvalue weighted by Crippen LogP contribution is -2.18. The number of aromatic carboxylic acids is 1. The highest BCUT2D eigenvalue weighted by Gasteiger charge is 2.10. The largest absolute Gasteiger partial charge is 0.478 e. The van der Waals surface area contributed by atoms with E-state index in [0.29, 0.717) is 12.2 Å². The third-order valence-electron chi connectivity index (χ3n) is 2.54. The van der Waals surface area contributed by atoms with Gasteiger partial charge in [-0.2, -0.15) is 0 Å². The smallest absolute Gasteiger partial charge is 0.335 e. The summed E-state index contributed by atoms with van der Waals surface area (Å²) in [6, 6.07) is 4.73. The fourth-order valence-corrected chi connectivity index (χ4v) is 2.32. The molecule has 0 aliphatic heterocycles. The van der Waals surface area contributed by atoms with E-state index in [4.69, 9.17) is 10.8 Å². The Bertz CT molecular complexity index is 554. The van der Waals surface area contributed by atoms with Crippen molar-refractivity contribution >= 4 is 28.7 Å². The molecule has 1 aromatic heterocycles. The highest BCUT2D eigenvalue weighted by atomic mass is 32.1. The van der Waals surface area contributed by atoms with Gasteiger partial charge in [-0.05, 0) is 18.2 Å². The van der Waals surface area contributed by atoms with Gasteiger partial charge < -0.3 is 15.7 Å². The fraction of sp³-hybridized carbons (Fsp3) is 0.167. The van der Waals surface area contributed by atoms with E-state index in [9.17, 15) is 4.79 Å². The Balaban J connectivity index is 2.20. The first-order chi connectivity index (χ1) is 8.58. The van der Waals surface area contributed by atoms with E-state index in [1.165, 1.54) is 6.07 Å². The van der Waals surface area contributed by atoms with Gasteiger partial charge in [0.05, 0.1) is 23.5 Å². The topological polar surface area (TPSA) is 79.5 Å². The van der Waals surface area contributed by atoms with Crippen LogP contribution >= 0.6 is 11.3 Å². The lowest BCUT2D eigenvalue weighted by Gasteiger charge is -2.20. The number of rotatable bonds is 4. The number of carbonyl (C=O) groups is 1. The van der Waals surface area contributed by atoms with Crippen LogP contribution in [-0.4, -0.2) is 23.1 Å². The summed E-state index contributed by atoms with van der Waals surface area (Å²) < 4.78 is 0. The van der Waals surface area contributed by atoms with Gasteiger partial charge in [0.1, 0.15) is 5.01 Å². The Kier molecular flexibility index (Phi) is 3.47. The summed E-state index contributed by atoms with van der Waals surface area (Å²) in [7, 11) is 1.90. The molecule has 0 saturated heterocycles. The zero-order valence-corrected chi connectivity index (χ0v) is 10.6. The molecule has 0 unspecified atom stereocenters. The van der Waals surface area contributed by atoms with Crippen molar-refractivity contribution in [2.45, 2.75) is 6.54 Å². The first kappa shape index (κ1) is 12.4. The summed E-state index contributed by atoms with van der Waals surface area (Å²) >= 11 is 1.57. The number of hydrogen-bond donors (Lipinski definition) is 2. The number of nitrogens with zero attached hydrogens (tertiary/aromatic N) is 2. The molecule has 1 heterocycles. The molecule has 2 rings (SSSR count). The monoisotopic (exact) mass is 263 g/mol. The highest BCUT2D eigenvalue weighted by molar-refractivity contribution is 7.09. The number of thiazole rings is 1. The van der Waals surface area contributed by atoms with Crippen LogP contribution < -0.4 is 10.6 Å². The Morgan fingerprint density at radius 3 is 2.89 bits per heavy atom. The van der Waals surface area contributed by atoms with Crippen LogP contribution in [0.5, 0.6) is 0 Å². The third-order valence-corrected chi connectivity index (χ3v) is 3.31. The molecular weight excluding hydrogens is 250 g/mol. The quantitative estimate of drug-likeness (QED) is 0.825. The van der Waals surface area contributed by atoms with Gasteiger partial charge in [0.15, 0.2) is 0 Å². The van der Waals surface area contributed by atoms with Crippen molar-refractivity contribution in [3.05, 3.63) is 40.3 Å². The molecule has 3 N–H and O–H groups in total. The van der Waals surface area contributed by atoms with Crippen molar-refractivity contribution in [2.24, 2.45) is 0 Å². The van der Waals surface area contributed by atoms with E-state index >= 15 is 0 Å². The Labute approximate surface area is 108 Å². The predicted octanol–water partition coefficient (Wildman–Crippen LogP) is 2.06. The molecule has 0 amide bonds. The van der Waals surface area contributed by atoms with Gasteiger partial charge in [0.2, 0.25) is 0 Å². The van der Waals surface area contributed by atoms with E-state index in [1.54, 1.807) is 29.7 Å². The van der Waals surface area contributed by atoms with Gasteiger partial charge in [0, 0.05) is 18.6 Å². The van der Waals surface area contributed by atoms with Crippen LogP contribution in [0.1, 0.15) is 15.4 Å². The zero-order chi connectivity index (χ0) is 13.1. The maximum atomic E-state index is 10.8. The summed E-state index contributed by atoms with van der Waals surface area (Å²) in [6.45, 7) is 0.647. The van der Waals surface area contributed by atoms with Crippen LogP contribution in [0.3, 0.4) is 0 Å². The van der Waals surface area contributed by atoms with Gasteiger partial charge in [-0.3, -0.25) is 0 Å². The van der Waals surface area contributed by atoms with Gasteiger partial charge in [-0.1, -0.05) is 0 Å². The number of nitrogen functional groups attached to an aromatic ring is 1. The minimum Gasteiger partial charge on any atom is -0.478 e. The van der Waals surface area contributed by atoms with Gasteiger partial charge in [-0.15, -0.1) is 11.3 Å². The second kappa shape index (κ2) is 5.05. The molecule has 18 heavy (non-hydrogen) atoms. The van der Waals surface area contributed by atoms with Gasteiger partial charge in [-0.25, -0.2) is 9.78 Å². The normalized spacial score (nSPS) is 10.3. The van der Waals surface area contributed by atoms with Crippen molar-refractivity contribution in [2.75, 3.05) is 17.7 Å². The minimum absolute atomic E-state index is 0.193. The van der Waals surface area contributed by atoms with Crippen LogP contribution in [0.25, 0.3) is 0 Å². The Morgan fingerprint density at radius 1 is 1.56 bits per heavy atom. The van der Waals surface area contributed by atoms with E-state index < -0.39 is 5.97 Å². The summed E-state index contributed by atoms with van der Waals surface area (Å²) in [5, 5.41) is 11.8. The summed E-state index contributed by atoms with van der Waals surface area (Å²) in [6.07, 6.45) is 1.75. The second-order valence-electron chi connectivity index (χ2n) is 3.86. The van der Waals surface area contributed by atoms with Crippen molar-refractivity contribution in [3.63, 3.8) is 0 Å². The van der Waals surface area contributed by atoms with Crippen LogP contribution in [0, 0.1) is 0 Å². The van der Waals surface area contributed by atoms with Crippen LogP contribution in [0.4, 0.5) is 11.4 Å². The van der Waals surface area contributed by atoms with Gasteiger partial charge in [0.25, 0.3) is 0 Å². The number of anilines is 2. The molecule has 0 aliphatic carbocycles. The molecule has 0 bridgehead atoms. The number of nitrogens with two attached hydrogens (primary N) is 1. The fourth-order valence-electron chi connectivity index (χ4n) is 1.65. The lowest BCUT2D eigenvalue weighted by atomic mass is 10.1. The molecule has 0 spiro atoms. The maximum Gasteiger partial charge on any atom is 0.335 e. The average Bonchev–Trinajstić information content (AvgIpc) is 2.81. The summed E-state index contributed by atoms with van der Waals surface area (Å²) in [5.74, 6) is -0.976. The van der Waals surface area contributed by atoms with E-state index in [2.05, 4.69) is 4.98 Å². The second-order valence-corrected chi connectivity index (χ2v) is 4.84. The van der Waals surface area contributed by atoms with Crippen LogP contribution in [0.15, 0.2) is 29.8 Å². The molecule has 0 fully saturated rings. The number of carboxylic acids is 1. The molecule has 0 radical (unpaired) electrons. The Hall–Kier alpha value is -2.08. The van der Waals surface area contributed by atoms with E-state index in [-0.39, 0.29) is 5.56 Å². The first-order valence-electron chi connectivity index (χ1n) is 5.30. The van der Waals surface area contributed by atoms with Crippen LogP contribution in [0.2, 0.25) is 0 Å². The molecule has 1 aromatic carbocycles. The van der Waals surface area contributed by atoms with Crippen molar-refractivity contribution < 1.29 is 9.90 Å². The number of carboxylic acid groups (broad SMARTS) is 1. The molecule has 5 nitrogen and oxygen atoms in total. The van der Waals surface area contributed by atoms with Crippen molar-refractivity contribution in [1.29, 1.82) is 0 Å². The van der Waals surface area contributed by atoms with Gasteiger partial charge >= 0.3 is 5.97 Å². The molecule has 0 saturated carbocycles. The predicted molar refractivity (Wildman–Crippen MR) is 72.0 cm³/mol. The van der Waals surface area contributed by atoms with E-state index in [0.717, 1.165) is 10.7 Å². The first-order valence-corrected chi connectivity index (χ1v) is 6.18. The number of hydrogen-bond acceptors (Lipinski definition) is 5. The summed E-state index contributed by atoms with van der Waals surface area (Å²) in [4.78, 5) is 17.0. The molecule has 0 aliphatic rings. The lowest BCUT2D eigenvalue weighted by molar-refractivity contribution is 0.0697. The van der Waals surface area contributed by atoms with Crippen LogP contribution in [-0.2, 0) is 6.54 Å². The number of benzene rings is 1. The molecule has 2 aromatic rings. The van der Waals surface area contributed by atoms with Crippen molar-refractivity contribution in [1.82, 2.24) is 4.98 Å². The molecular formula is C12H13N3O2S. The SMILES string of the molecule is CN(Cc1nccs1)c1ccc(C(=O)O)cc1N. The molecule has 94 valence electrons. The minimum atomic E-state index is -0.976. The molecule has 6 heteroatoms. The zero-order valence-electron chi connectivity index (χ0n) is 9.83. The maximum absolute atomic E-state index is 10.8. The van der Waals surface area contributed by atoms with Crippen molar-refractivity contribution in [3.8, 4) is 0 Å².